The zero-order valence-corrected chi connectivity index (χ0v) is 20.6. The molecule has 34 heavy (non-hydrogen) atoms. The van der Waals surface area contributed by atoms with Gasteiger partial charge in [-0.05, 0) is 42.8 Å². The van der Waals surface area contributed by atoms with E-state index in [1.165, 1.54) is 11.3 Å². The Labute approximate surface area is 202 Å². The Bertz CT molecular complexity index is 1390. The summed E-state index contributed by atoms with van der Waals surface area (Å²) >= 11 is 1.49. The zero-order chi connectivity index (χ0) is 24.2. The summed E-state index contributed by atoms with van der Waals surface area (Å²) in [5.41, 5.74) is 2.28. The molecule has 0 fully saturated rings. The smallest absolute Gasteiger partial charge is 0.206 e. The summed E-state index contributed by atoms with van der Waals surface area (Å²) in [5, 5.41) is 19.3. The van der Waals surface area contributed by atoms with E-state index in [0.29, 0.717) is 22.8 Å². The first-order chi connectivity index (χ1) is 16.5. The summed E-state index contributed by atoms with van der Waals surface area (Å²) < 4.78 is 18.3. The molecule has 7 nitrogen and oxygen atoms in total. The quantitative estimate of drug-likeness (QED) is 0.367. The van der Waals surface area contributed by atoms with Gasteiger partial charge in [0, 0.05) is 22.5 Å². The van der Waals surface area contributed by atoms with Crippen LogP contribution in [0.2, 0.25) is 0 Å². The van der Waals surface area contributed by atoms with E-state index in [1.54, 1.807) is 38.3 Å². The second-order valence-corrected chi connectivity index (χ2v) is 8.65. The number of ether oxygens (including phenoxy) is 3. The Morgan fingerprint density at radius 2 is 1.68 bits per heavy atom. The lowest BCUT2D eigenvalue weighted by Gasteiger charge is -2.14. The highest BCUT2D eigenvalue weighted by Gasteiger charge is 2.17. The van der Waals surface area contributed by atoms with Crippen molar-refractivity contribution < 1.29 is 19.3 Å². The number of methoxy groups -OCH3 is 3. The number of hydrogen-bond acceptors (Lipinski definition) is 7. The van der Waals surface area contributed by atoms with E-state index in [4.69, 9.17) is 24.3 Å². The Hall–Kier alpha value is -3.78. The Morgan fingerprint density at radius 1 is 0.971 bits per heavy atom. The van der Waals surface area contributed by atoms with E-state index in [9.17, 15) is 5.11 Å². The molecule has 0 spiro atoms. The lowest BCUT2D eigenvalue weighted by molar-refractivity contribution is 0.324. The SMILES string of the molecule is COc1cc(-c2csc(=NC(C)C)n2N=Cc2c(O)ccc3ccccc23)cc(OC)c1OC. The predicted octanol–water partition coefficient (Wildman–Crippen LogP) is 5.29. The van der Waals surface area contributed by atoms with Gasteiger partial charge in [0.2, 0.25) is 10.6 Å². The van der Waals surface area contributed by atoms with Gasteiger partial charge < -0.3 is 19.3 Å². The zero-order valence-electron chi connectivity index (χ0n) is 19.8. The van der Waals surface area contributed by atoms with E-state index >= 15 is 0 Å². The number of benzene rings is 3. The van der Waals surface area contributed by atoms with Gasteiger partial charge in [0.15, 0.2) is 11.5 Å². The largest absolute Gasteiger partial charge is 0.507 e. The van der Waals surface area contributed by atoms with E-state index in [1.807, 2.05) is 61.7 Å². The number of fused-ring (bicyclic) bond motifs is 1. The highest BCUT2D eigenvalue weighted by atomic mass is 32.1. The van der Waals surface area contributed by atoms with Crippen LogP contribution in [0.1, 0.15) is 19.4 Å². The average Bonchev–Trinajstić information content (AvgIpc) is 3.23. The Kier molecular flexibility index (Phi) is 6.88. The molecule has 0 unspecified atom stereocenters. The van der Waals surface area contributed by atoms with E-state index in [0.717, 1.165) is 26.8 Å². The summed E-state index contributed by atoms with van der Waals surface area (Å²) in [7, 11) is 4.75. The molecule has 1 N–H and O–H groups in total. The minimum absolute atomic E-state index is 0.0823. The number of phenolic OH excluding ortho intramolecular Hbond substituents is 1. The average molecular weight is 478 g/mol. The second-order valence-electron chi connectivity index (χ2n) is 7.82. The molecule has 0 saturated carbocycles. The van der Waals surface area contributed by atoms with Crippen molar-refractivity contribution >= 4 is 28.3 Å². The third-order valence-electron chi connectivity index (χ3n) is 5.26. The number of aromatic nitrogens is 1. The van der Waals surface area contributed by atoms with Gasteiger partial charge in [0.25, 0.3) is 0 Å². The lowest BCUT2D eigenvalue weighted by atomic mass is 10.0. The fraction of sp³-hybridized carbons (Fsp3) is 0.231. The molecule has 0 aliphatic carbocycles. The predicted molar refractivity (Wildman–Crippen MR) is 137 cm³/mol. The second kappa shape index (κ2) is 10.0. The van der Waals surface area contributed by atoms with Gasteiger partial charge in [-0.3, -0.25) is 4.99 Å². The van der Waals surface area contributed by atoms with Crippen LogP contribution in [-0.2, 0) is 0 Å². The molecule has 3 aromatic carbocycles. The number of nitrogens with zero attached hydrogens (tertiary/aromatic N) is 3. The molecule has 0 radical (unpaired) electrons. The molecule has 0 aliphatic heterocycles. The van der Waals surface area contributed by atoms with Crippen molar-refractivity contribution in [3.8, 4) is 34.3 Å². The van der Waals surface area contributed by atoms with Crippen molar-refractivity contribution in [1.29, 1.82) is 0 Å². The fourth-order valence-electron chi connectivity index (χ4n) is 3.68. The maximum absolute atomic E-state index is 10.6. The number of phenols is 1. The summed E-state index contributed by atoms with van der Waals surface area (Å²) in [6, 6.07) is 15.3. The van der Waals surface area contributed by atoms with Gasteiger partial charge >= 0.3 is 0 Å². The number of aromatic hydroxyl groups is 1. The van der Waals surface area contributed by atoms with E-state index in [2.05, 4.69) is 0 Å². The van der Waals surface area contributed by atoms with Crippen LogP contribution < -0.4 is 19.0 Å². The van der Waals surface area contributed by atoms with Gasteiger partial charge in [-0.1, -0.05) is 30.3 Å². The van der Waals surface area contributed by atoms with Crippen molar-refractivity contribution in [2.75, 3.05) is 21.3 Å². The lowest BCUT2D eigenvalue weighted by Crippen LogP contribution is -2.14. The molecule has 0 bridgehead atoms. The molecular weight excluding hydrogens is 450 g/mol. The van der Waals surface area contributed by atoms with Crippen molar-refractivity contribution in [3.05, 3.63) is 64.3 Å². The first-order valence-electron chi connectivity index (χ1n) is 10.8. The number of hydrogen-bond donors (Lipinski definition) is 1. The molecule has 0 saturated heterocycles. The summed E-state index contributed by atoms with van der Waals surface area (Å²) in [4.78, 5) is 5.47. The Morgan fingerprint density at radius 3 is 2.32 bits per heavy atom. The van der Waals surface area contributed by atoms with Gasteiger partial charge in [-0.15, -0.1) is 11.3 Å². The van der Waals surface area contributed by atoms with E-state index < -0.39 is 0 Å². The van der Waals surface area contributed by atoms with Crippen LogP contribution >= 0.6 is 11.3 Å². The molecule has 8 heteroatoms. The topological polar surface area (TPSA) is 77.6 Å². The van der Waals surface area contributed by atoms with Gasteiger partial charge in [0.1, 0.15) is 5.75 Å². The Balaban J connectivity index is 1.92. The van der Waals surface area contributed by atoms with E-state index in [-0.39, 0.29) is 11.8 Å². The van der Waals surface area contributed by atoms with Gasteiger partial charge in [0.05, 0.1) is 33.2 Å². The maximum Gasteiger partial charge on any atom is 0.206 e. The van der Waals surface area contributed by atoms with Crippen molar-refractivity contribution in [3.63, 3.8) is 0 Å². The number of rotatable bonds is 7. The van der Waals surface area contributed by atoms with Gasteiger partial charge in [-0.25, -0.2) is 4.68 Å². The standard InChI is InChI=1S/C26H27N3O4S/c1-16(2)28-26-29(27-14-20-19-9-7-6-8-17(19)10-11-22(20)30)21(15-34-26)18-12-23(31-3)25(33-5)24(13-18)32-4/h6-16,30H,1-5H3. The molecular formula is C26H27N3O4S. The van der Waals surface area contributed by atoms with Crippen molar-refractivity contribution in [1.82, 2.24) is 4.68 Å². The first-order valence-corrected chi connectivity index (χ1v) is 11.6. The van der Waals surface area contributed by atoms with Crippen LogP contribution in [0.5, 0.6) is 23.0 Å². The molecule has 4 aromatic rings. The van der Waals surface area contributed by atoms with Crippen LogP contribution in [0, 0.1) is 0 Å². The minimum Gasteiger partial charge on any atom is -0.507 e. The normalized spacial score (nSPS) is 12.1. The summed E-state index contributed by atoms with van der Waals surface area (Å²) in [5.74, 6) is 1.78. The highest BCUT2D eigenvalue weighted by Crippen LogP contribution is 2.41. The first kappa shape index (κ1) is 23.4. The summed E-state index contributed by atoms with van der Waals surface area (Å²) in [6.07, 6.45) is 1.67. The van der Waals surface area contributed by atoms with Crippen molar-refractivity contribution in [2.45, 2.75) is 19.9 Å². The van der Waals surface area contributed by atoms with Crippen LogP contribution in [0.4, 0.5) is 0 Å². The third kappa shape index (κ3) is 4.49. The van der Waals surface area contributed by atoms with Crippen molar-refractivity contribution in [2.24, 2.45) is 10.1 Å². The molecule has 1 aromatic heterocycles. The van der Waals surface area contributed by atoms with Crippen LogP contribution in [0.15, 0.2) is 64.0 Å². The summed E-state index contributed by atoms with van der Waals surface area (Å²) in [6.45, 7) is 4.03. The molecule has 4 rings (SSSR count). The monoisotopic (exact) mass is 477 g/mol. The van der Waals surface area contributed by atoms with Crippen LogP contribution in [0.25, 0.3) is 22.0 Å². The van der Waals surface area contributed by atoms with Crippen LogP contribution in [0.3, 0.4) is 0 Å². The molecule has 0 aliphatic rings. The van der Waals surface area contributed by atoms with Gasteiger partial charge in [-0.2, -0.15) is 5.10 Å². The molecule has 0 amide bonds. The third-order valence-corrected chi connectivity index (χ3v) is 6.09. The minimum atomic E-state index is 0.0823. The molecule has 1 heterocycles. The maximum atomic E-state index is 10.6. The fourth-order valence-corrected chi connectivity index (χ4v) is 4.65. The highest BCUT2D eigenvalue weighted by molar-refractivity contribution is 7.07. The molecule has 0 atom stereocenters. The molecule has 176 valence electrons. The van der Waals surface area contributed by atoms with Crippen LogP contribution in [-0.4, -0.2) is 43.4 Å². The number of thiazole rings is 1.